The molecule has 0 bridgehead atoms. The Hall–Kier alpha value is -2.30. The van der Waals surface area contributed by atoms with Gasteiger partial charge in [0.25, 0.3) is 0 Å². The fourth-order valence-electron chi connectivity index (χ4n) is 1.88. The van der Waals surface area contributed by atoms with Gasteiger partial charge in [-0.15, -0.1) is 0 Å². The number of hydrogen-bond donors (Lipinski definition) is 2. The summed E-state index contributed by atoms with van der Waals surface area (Å²) in [4.78, 5) is 15.3. The lowest BCUT2D eigenvalue weighted by Gasteiger charge is -2.11. The number of rotatable bonds is 5. The molecule has 19 heavy (non-hydrogen) atoms. The minimum atomic E-state index is -0.210. The van der Waals surface area contributed by atoms with Crippen molar-refractivity contribution in [3.8, 4) is 0 Å². The molecule has 0 amide bonds. The molecule has 2 rings (SSSR count). The second-order valence-corrected chi connectivity index (χ2v) is 4.11. The third-order valence-corrected chi connectivity index (χ3v) is 2.81. The summed E-state index contributed by atoms with van der Waals surface area (Å²) in [7, 11) is 0. The first-order valence-corrected chi connectivity index (χ1v) is 6.24. The number of aromatic nitrogens is 1. The molecule has 2 aromatic rings. The largest absolute Gasteiger partial charge is 0.466 e. The van der Waals surface area contributed by atoms with Crippen LogP contribution in [-0.4, -0.2) is 24.1 Å². The Labute approximate surface area is 111 Å². The molecular weight excluding hydrogens is 242 g/mol. The number of esters is 1. The van der Waals surface area contributed by atoms with Gasteiger partial charge in [0.05, 0.1) is 24.4 Å². The molecular formula is C14H17N3O2. The summed E-state index contributed by atoms with van der Waals surface area (Å²) in [5, 5.41) is 5.10. The Morgan fingerprint density at radius 3 is 3.05 bits per heavy atom. The summed E-state index contributed by atoms with van der Waals surface area (Å²) >= 11 is 0. The number of carbonyl (C=O) groups excluding carboxylic acids is 1. The van der Waals surface area contributed by atoms with Crippen molar-refractivity contribution >= 4 is 28.1 Å². The van der Waals surface area contributed by atoms with Crippen LogP contribution in [0.5, 0.6) is 0 Å². The molecule has 100 valence electrons. The fourth-order valence-corrected chi connectivity index (χ4v) is 1.88. The number of benzene rings is 1. The minimum Gasteiger partial charge on any atom is -0.466 e. The number of hydrogen-bond acceptors (Lipinski definition) is 5. The van der Waals surface area contributed by atoms with Gasteiger partial charge in [-0.1, -0.05) is 6.07 Å². The van der Waals surface area contributed by atoms with Crippen molar-refractivity contribution < 1.29 is 9.53 Å². The normalized spacial score (nSPS) is 10.4. The lowest BCUT2D eigenvalue weighted by molar-refractivity contribution is -0.142. The molecule has 0 aliphatic heterocycles. The van der Waals surface area contributed by atoms with E-state index in [1.54, 1.807) is 19.3 Å². The van der Waals surface area contributed by atoms with Crippen molar-refractivity contribution in [3.63, 3.8) is 0 Å². The molecule has 1 heterocycles. The Morgan fingerprint density at radius 1 is 1.42 bits per heavy atom. The first kappa shape index (κ1) is 13.1. The van der Waals surface area contributed by atoms with E-state index in [1.165, 1.54) is 0 Å². The number of carbonyl (C=O) groups is 1. The predicted molar refractivity (Wildman–Crippen MR) is 75.9 cm³/mol. The average Bonchev–Trinajstić information content (AvgIpc) is 2.42. The molecule has 0 spiro atoms. The maximum absolute atomic E-state index is 11.2. The van der Waals surface area contributed by atoms with Gasteiger partial charge in [0.2, 0.25) is 0 Å². The van der Waals surface area contributed by atoms with E-state index in [9.17, 15) is 4.79 Å². The number of pyridine rings is 1. The van der Waals surface area contributed by atoms with E-state index in [0.717, 1.165) is 16.5 Å². The molecule has 1 aromatic carbocycles. The maximum Gasteiger partial charge on any atom is 0.307 e. The van der Waals surface area contributed by atoms with Crippen LogP contribution in [-0.2, 0) is 9.53 Å². The van der Waals surface area contributed by atoms with Gasteiger partial charge in [-0.25, -0.2) is 0 Å². The number of nitrogen functional groups attached to an aromatic ring is 1. The van der Waals surface area contributed by atoms with Crippen LogP contribution in [0.25, 0.3) is 10.8 Å². The summed E-state index contributed by atoms with van der Waals surface area (Å²) in [5.74, 6) is -0.210. The molecule has 1 aromatic heterocycles. The third kappa shape index (κ3) is 3.13. The van der Waals surface area contributed by atoms with Crippen LogP contribution in [0.3, 0.4) is 0 Å². The van der Waals surface area contributed by atoms with E-state index in [2.05, 4.69) is 10.3 Å². The summed E-state index contributed by atoms with van der Waals surface area (Å²) in [6, 6.07) is 5.72. The molecule has 0 saturated carbocycles. The molecule has 0 unspecified atom stereocenters. The van der Waals surface area contributed by atoms with Gasteiger partial charge in [0.15, 0.2) is 0 Å². The van der Waals surface area contributed by atoms with Crippen LogP contribution in [0.2, 0.25) is 0 Å². The molecule has 0 radical (unpaired) electrons. The topological polar surface area (TPSA) is 77.2 Å². The maximum atomic E-state index is 11.2. The molecule has 0 aliphatic rings. The van der Waals surface area contributed by atoms with Crippen molar-refractivity contribution in [2.75, 3.05) is 24.2 Å². The summed E-state index contributed by atoms with van der Waals surface area (Å²) < 4.78 is 4.86. The highest BCUT2D eigenvalue weighted by molar-refractivity contribution is 5.98. The van der Waals surface area contributed by atoms with E-state index < -0.39 is 0 Å². The van der Waals surface area contributed by atoms with Crippen molar-refractivity contribution in [1.82, 2.24) is 4.98 Å². The SMILES string of the molecule is CCOC(=O)CCNc1ccc2cnccc2c1N. The lowest BCUT2D eigenvalue weighted by atomic mass is 10.1. The second-order valence-electron chi connectivity index (χ2n) is 4.11. The Balaban J connectivity index is 2.05. The van der Waals surface area contributed by atoms with E-state index in [0.29, 0.717) is 25.3 Å². The minimum absolute atomic E-state index is 0.210. The number of anilines is 2. The highest BCUT2D eigenvalue weighted by atomic mass is 16.5. The van der Waals surface area contributed by atoms with Crippen LogP contribution < -0.4 is 11.1 Å². The van der Waals surface area contributed by atoms with Gasteiger partial charge in [0.1, 0.15) is 0 Å². The number of nitrogens with one attached hydrogen (secondary N) is 1. The molecule has 0 fully saturated rings. The Kier molecular flexibility index (Phi) is 4.18. The van der Waals surface area contributed by atoms with Crippen molar-refractivity contribution in [2.45, 2.75) is 13.3 Å². The van der Waals surface area contributed by atoms with E-state index in [1.807, 2.05) is 18.2 Å². The highest BCUT2D eigenvalue weighted by Crippen LogP contribution is 2.27. The average molecular weight is 259 g/mol. The van der Waals surface area contributed by atoms with Gasteiger partial charge < -0.3 is 15.8 Å². The van der Waals surface area contributed by atoms with Crippen molar-refractivity contribution in [3.05, 3.63) is 30.6 Å². The Morgan fingerprint density at radius 2 is 2.26 bits per heavy atom. The number of nitrogens with two attached hydrogens (primary N) is 1. The molecule has 5 nitrogen and oxygen atoms in total. The van der Waals surface area contributed by atoms with E-state index in [4.69, 9.17) is 10.5 Å². The van der Waals surface area contributed by atoms with Gasteiger partial charge in [-0.3, -0.25) is 9.78 Å². The lowest BCUT2D eigenvalue weighted by Crippen LogP contribution is -2.12. The van der Waals surface area contributed by atoms with Crippen LogP contribution >= 0.6 is 0 Å². The standard InChI is InChI=1S/C14H17N3O2/c1-2-19-13(18)6-8-17-12-4-3-10-9-16-7-5-11(10)14(12)15/h3-5,7,9,17H,2,6,8,15H2,1H3. The first-order valence-electron chi connectivity index (χ1n) is 6.24. The molecule has 5 heteroatoms. The summed E-state index contributed by atoms with van der Waals surface area (Å²) in [6.07, 6.45) is 3.80. The first-order chi connectivity index (χ1) is 9.22. The molecule has 3 N–H and O–H groups in total. The summed E-state index contributed by atoms with van der Waals surface area (Å²) in [5.41, 5.74) is 7.58. The van der Waals surface area contributed by atoms with Crippen molar-refractivity contribution in [1.29, 1.82) is 0 Å². The third-order valence-electron chi connectivity index (χ3n) is 2.81. The predicted octanol–water partition coefficient (Wildman–Crippen LogP) is 2.18. The van der Waals surface area contributed by atoms with Gasteiger partial charge in [-0.2, -0.15) is 0 Å². The van der Waals surface area contributed by atoms with E-state index in [-0.39, 0.29) is 5.97 Å². The van der Waals surface area contributed by atoms with Crippen LogP contribution in [0.1, 0.15) is 13.3 Å². The quantitative estimate of drug-likeness (QED) is 0.635. The highest BCUT2D eigenvalue weighted by Gasteiger charge is 2.05. The smallest absolute Gasteiger partial charge is 0.307 e. The van der Waals surface area contributed by atoms with Crippen LogP contribution in [0, 0.1) is 0 Å². The van der Waals surface area contributed by atoms with Gasteiger partial charge in [-0.05, 0) is 19.1 Å². The van der Waals surface area contributed by atoms with Gasteiger partial charge >= 0.3 is 5.97 Å². The second kappa shape index (κ2) is 6.04. The number of nitrogens with zero attached hydrogens (tertiary/aromatic N) is 1. The molecule has 0 atom stereocenters. The zero-order valence-corrected chi connectivity index (χ0v) is 10.8. The van der Waals surface area contributed by atoms with Crippen LogP contribution in [0.4, 0.5) is 11.4 Å². The Bertz CT molecular complexity index is 584. The number of fused-ring (bicyclic) bond motifs is 1. The number of ether oxygens (including phenoxy) is 1. The molecule has 0 saturated heterocycles. The zero-order chi connectivity index (χ0) is 13.7. The summed E-state index contributed by atoms with van der Waals surface area (Å²) in [6.45, 7) is 2.70. The monoisotopic (exact) mass is 259 g/mol. The van der Waals surface area contributed by atoms with E-state index >= 15 is 0 Å². The zero-order valence-electron chi connectivity index (χ0n) is 10.8. The molecule has 0 aliphatic carbocycles. The van der Waals surface area contributed by atoms with Gasteiger partial charge in [0, 0.05) is 29.7 Å². The van der Waals surface area contributed by atoms with Crippen molar-refractivity contribution in [2.24, 2.45) is 0 Å². The fraction of sp³-hybridized carbons (Fsp3) is 0.286. The van der Waals surface area contributed by atoms with Crippen LogP contribution in [0.15, 0.2) is 30.6 Å².